The molecule has 0 aliphatic heterocycles. The Hall–Kier alpha value is -1.06. The lowest BCUT2D eigenvalue weighted by atomic mass is 10.0. The van der Waals surface area contributed by atoms with Crippen molar-refractivity contribution < 1.29 is 19.1 Å². The van der Waals surface area contributed by atoms with Gasteiger partial charge in [0.05, 0.1) is 7.11 Å². The van der Waals surface area contributed by atoms with E-state index in [4.69, 9.17) is 4.74 Å². The van der Waals surface area contributed by atoms with Gasteiger partial charge >= 0.3 is 11.9 Å². The minimum absolute atomic E-state index is 0.00485. The largest absolute Gasteiger partial charge is 0.469 e. The summed E-state index contributed by atoms with van der Waals surface area (Å²) in [6.07, 6.45) is 14.2. The van der Waals surface area contributed by atoms with E-state index in [1.165, 1.54) is 59.0 Å². The second-order valence-electron chi connectivity index (χ2n) is 6.32. The quantitative estimate of drug-likeness (QED) is 0.307. The average molecular weight is 328 g/mol. The van der Waals surface area contributed by atoms with E-state index in [9.17, 15) is 9.59 Å². The predicted octanol–water partition coefficient (Wildman–Crippen LogP) is 5.18. The molecule has 0 heterocycles. The van der Waals surface area contributed by atoms with Gasteiger partial charge in [-0.25, -0.2) is 0 Å². The van der Waals surface area contributed by atoms with E-state index in [0.29, 0.717) is 6.42 Å². The van der Waals surface area contributed by atoms with Crippen molar-refractivity contribution in [2.45, 2.75) is 103 Å². The van der Waals surface area contributed by atoms with Gasteiger partial charge in [-0.05, 0) is 32.1 Å². The summed E-state index contributed by atoms with van der Waals surface area (Å²) in [6.45, 7) is 3.70. The molecule has 0 aromatic rings. The number of unbranched alkanes of at least 4 members (excludes halogenated alkanes) is 8. The summed E-state index contributed by atoms with van der Waals surface area (Å²) in [5, 5.41) is 0. The molecule has 23 heavy (non-hydrogen) atoms. The lowest BCUT2D eigenvalue weighted by molar-refractivity contribution is -0.147. The Balaban J connectivity index is 3.71. The van der Waals surface area contributed by atoms with Crippen LogP contribution in [0.25, 0.3) is 0 Å². The van der Waals surface area contributed by atoms with Crippen molar-refractivity contribution in [2.75, 3.05) is 7.11 Å². The smallest absolute Gasteiger partial charge is 0.305 e. The fraction of sp³-hybridized carbons (Fsp3) is 0.895. The maximum absolute atomic E-state index is 11.2. The highest BCUT2D eigenvalue weighted by atomic mass is 16.5. The number of methoxy groups -OCH3 is 1. The second-order valence-corrected chi connectivity index (χ2v) is 6.32. The van der Waals surface area contributed by atoms with Crippen LogP contribution in [-0.2, 0) is 19.1 Å². The molecular formula is C19H36O4. The Morgan fingerprint density at radius 3 is 1.87 bits per heavy atom. The van der Waals surface area contributed by atoms with Crippen LogP contribution in [0.5, 0.6) is 0 Å². The van der Waals surface area contributed by atoms with Gasteiger partial charge in [0, 0.05) is 13.3 Å². The van der Waals surface area contributed by atoms with Crippen LogP contribution in [0.3, 0.4) is 0 Å². The molecule has 0 rings (SSSR count). The molecule has 1 unspecified atom stereocenters. The molecule has 136 valence electrons. The summed E-state index contributed by atoms with van der Waals surface area (Å²) in [5.74, 6) is -0.375. The maximum Gasteiger partial charge on any atom is 0.305 e. The fourth-order valence-corrected chi connectivity index (χ4v) is 2.75. The molecule has 0 saturated heterocycles. The van der Waals surface area contributed by atoms with E-state index in [2.05, 4.69) is 11.7 Å². The second kappa shape index (κ2) is 15.8. The first kappa shape index (κ1) is 21.9. The SMILES string of the molecule is CCCCCCCCCCC(CCCCC(=O)OC)OC(C)=O. The van der Waals surface area contributed by atoms with Crippen molar-refractivity contribution in [3.8, 4) is 0 Å². The van der Waals surface area contributed by atoms with E-state index in [1.807, 2.05) is 0 Å². The third-order valence-corrected chi connectivity index (χ3v) is 4.10. The van der Waals surface area contributed by atoms with Crippen LogP contribution in [-0.4, -0.2) is 25.2 Å². The van der Waals surface area contributed by atoms with Crippen LogP contribution in [0.15, 0.2) is 0 Å². The zero-order chi connectivity index (χ0) is 17.3. The number of carbonyl (C=O) groups excluding carboxylic acids is 2. The molecule has 0 aliphatic rings. The monoisotopic (exact) mass is 328 g/mol. The molecule has 0 aromatic carbocycles. The minimum Gasteiger partial charge on any atom is -0.469 e. The Labute approximate surface area is 142 Å². The predicted molar refractivity (Wildman–Crippen MR) is 93.3 cm³/mol. The van der Waals surface area contributed by atoms with Crippen LogP contribution in [0.2, 0.25) is 0 Å². The van der Waals surface area contributed by atoms with Gasteiger partial charge in [-0.1, -0.05) is 51.9 Å². The Bertz CT molecular complexity index is 302. The lowest BCUT2D eigenvalue weighted by Crippen LogP contribution is -2.16. The minimum atomic E-state index is -0.206. The van der Waals surface area contributed by atoms with E-state index < -0.39 is 0 Å². The zero-order valence-electron chi connectivity index (χ0n) is 15.4. The van der Waals surface area contributed by atoms with Crippen LogP contribution < -0.4 is 0 Å². The number of esters is 2. The molecule has 0 bridgehead atoms. The topological polar surface area (TPSA) is 52.6 Å². The van der Waals surface area contributed by atoms with Gasteiger partial charge in [-0.15, -0.1) is 0 Å². The van der Waals surface area contributed by atoms with Crippen LogP contribution in [0.1, 0.15) is 97.3 Å². The van der Waals surface area contributed by atoms with Crippen LogP contribution in [0, 0.1) is 0 Å². The Morgan fingerprint density at radius 1 is 0.826 bits per heavy atom. The van der Waals surface area contributed by atoms with Gasteiger partial charge in [-0.3, -0.25) is 9.59 Å². The molecule has 4 nitrogen and oxygen atoms in total. The maximum atomic E-state index is 11.2. The standard InChI is InChI=1S/C19H36O4/c1-4-5-6-7-8-9-10-11-14-18(23-17(2)20)15-12-13-16-19(21)22-3/h18H,4-16H2,1-3H3. The number of hydrogen-bond acceptors (Lipinski definition) is 4. The molecule has 0 amide bonds. The van der Waals surface area contributed by atoms with Gasteiger partial charge in [0.1, 0.15) is 6.10 Å². The lowest BCUT2D eigenvalue weighted by Gasteiger charge is -2.16. The fourth-order valence-electron chi connectivity index (χ4n) is 2.75. The van der Waals surface area contributed by atoms with Crippen molar-refractivity contribution in [3.05, 3.63) is 0 Å². The van der Waals surface area contributed by atoms with Gasteiger partial charge in [-0.2, -0.15) is 0 Å². The van der Waals surface area contributed by atoms with E-state index in [-0.39, 0.29) is 18.0 Å². The van der Waals surface area contributed by atoms with Crippen molar-refractivity contribution in [3.63, 3.8) is 0 Å². The third kappa shape index (κ3) is 15.6. The highest BCUT2D eigenvalue weighted by molar-refractivity contribution is 5.69. The molecule has 0 aromatic heterocycles. The summed E-state index contributed by atoms with van der Waals surface area (Å²) in [7, 11) is 1.41. The zero-order valence-corrected chi connectivity index (χ0v) is 15.4. The normalized spacial score (nSPS) is 12.0. The summed E-state index contributed by atoms with van der Waals surface area (Å²) in [4.78, 5) is 22.2. The molecule has 0 saturated carbocycles. The van der Waals surface area contributed by atoms with Gasteiger partial charge in [0.15, 0.2) is 0 Å². The first-order chi connectivity index (χ1) is 11.1. The number of hydrogen-bond donors (Lipinski definition) is 0. The molecule has 0 fully saturated rings. The van der Waals surface area contributed by atoms with Crippen molar-refractivity contribution >= 4 is 11.9 Å². The van der Waals surface area contributed by atoms with E-state index in [0.717, 1.165) is 32.1 Å². The summed E-state index contributed by atoms with van der Waals surface area (Å²) >= 11 is 0. The molecule has 0 N–H and O–H groups in total. The van der Waals surface area contributed by atoms with Gasteiger partial charge in [0.2, 0.25) is 0 Å². The number of carbonyl (C=O) groups is 2. The van der Waals surface area contributed by atoms with Gasteiger partial charge in [0.25, 0.3) is 0 Å². The van der Waals surface area contributed by atoms with Crippen molar-refractivity contribution in [1.82, 2.24) is 0 Å². The van der Waals surface area contributed by atoms with Crippen LogP contribution in [0.4, 0.5) is 0 Å². The molecule has 0 aliphatic carbocycles. The first-order valence-corrected chi connectivity index (χ1v) is 9.34. The van der Waals surface area contributed by atoms with Crippen molar-refractivity contribution in [2.24, 2.45) is 0 Å². The Morgan fingerprint density at radius 2 is 1.35 bits per heavy atom. The van der Waals surface area contributed by atoms with E-state index in [1.54, 1.807) is 0 Å². The summed E-state index contributed by atoms with van der Waals surface area (Å²) < 4.78 is 10.0. The first-order valence-electron chi connectivity index (χ1n) is 9.34. The average Bonchev–Trinajstić information content (AvgIpc) is 2.52. The van der Waals surface area contributed by atoms with Gasteiger partial charge < -0.3 is 9.47 Å². The van der Waals surface area contributed by atoms with Crippen molar-refractivity contribution in [1.29, 1.82) is 0 Å². The number of rotatable bonds is 15. The van der Waals surface area contributed by atoms with E-state index >= 15 is 0 Å². The third-order valence-electron chi connectivity index (χ3n) is 4.10. The highest BCUT2D eigenvalue weighted by Crippen LogP contribution is 2.16. The molecule has 0 radical (unpaired) electrons. The molecular weight excluding hydrogens is 292 g/mol. The molecule has 1 atom stereocenters. The van der Waals surface area contributed by atoms with Crippen LogP contribution >= 0.6 is 0 Å². The number of ether oxygens (including phenoxy) is 2. The summed E-state index contributed by atoms with van der Waals surface area (Å²) in [6, 6.07) is 0. The Kier molecular flexibility index (Phi) is 15.1. The highest BCUT2D eigenvalue weighted by Gasteiger charge is 2.12. The summed E-state index contributed by atoms with van der Waals surface area (Å²) in [5.41, 5.74) is 0. The molecule has 0 spiro atoms. The molecule has 4 heteroatoms.